The van der Waals surface area contributed by atoms with Crippen molar-refractivity contribution in [2.45, 2.75) is 19.3 Å². The molecule has 1 saturated heterocycles. The molecule has 5 heteroatoms. The van der Waals surface area contributed by atoms with Crippen LogP contribution in [0.2, 0.25) is 0 Å². The number of hydrogen-bond donors (Lipinski definition) is 2. The molecule has 0 aliphatic carbocycles. The molecule has 2 rings (SSSR count). The lowest BCUT2D eigenvalue weighted by Gasteiger charge is -2.36. The van der Waals surface area contributed by atoms with Crippen molar-refractivity contribution < 1.29 is 14.2 Å². The van der Waals surface area contributed by atoms with Crippen LogP contribution in [0.4, 0.5) is 4.39 Å². The standard InChI is InChI=1S/C13H19FN2O2/c1-10(17)13(16-8-6-15-7-9-16)18-12-5-3-2-4-11(12)14/h2-5,10,13,15,17H,6-9H2,1H3. The summed E-state index contributed by atoms with van der Waals surface area (Å²) in [5, 5.41) is 13.0. The van der Waals surface area contributed by atoms with Gasteiger partial charge in [0.15, 0.2) is 17.8 Å². The van der Waals surface area contributed by atoms with Crippen molar-refractivity contribution in [2.24, 2.45) is 0 Å². The third kappa shape index (κ3) is 3.19. The van der Waals surface area contributed by atoms with E-state index in [1.807, 2.05) is 4.90 Å². The number of aliphatic hydroxyl groups is 1. The first-order chi connectivity index (χ1) is 8.68. The Morgan fingerprint density at radius 2 is 2.00 bits per heavy atom. The second-order valence-corrected chi connectivity index (χ2v) is 4.47. The van der Waals surface area contributed by atoms with Crippen LogP contribution in [0.1, 0.15) is 6.92 Å². The maximum absolute atomic E-state index is 13.5. The van der Waals surface area contributed by atoms with Crippen molar-refractivity contribution in [3.8, 4) is 5.75 Å². The third-order valence-electron chi connectivity index (χ3n) is 3.01. The molecule has 0 amide bonds. The first-order valence-corrected chi connectivity index (χ1v) is 6.22. The molecule has 1 heterocycles. The van der Waals surface area contributed by atoms with Crippen LogP contribution < -0.4 is 10.1 Å². The van der Waals surface area contributed by atoms with Gasteiger partial charge in [0.1, 0.15) is 6.10 Å². The second-order valence-electron chi connectivity index (χ2n) is 4.47. The molecule has 2 unspecified atom stereocenters. The molecule has 100 valence electrons. The van der Waals surface area contributed by atoms with Crippen molar-refractivity contribution in [2.75, 3.05) is 26.2 Å². The molecule has 1 aromatic rings. The molecule has 1 aliphatic heterocycles. The van der Waals surface area contributed by atoms with E-state index in [1.165, 1.54) is 6.07 Å². The fraction of sp³-hybridized carbons (Fsp3) is 0.538. The van der Waals surface area contributed by atoms with Crippen molar-refractivity contribution in [3.05, 3.63) is 30.1 Å². The molecule has 1 aliphatic rings. The van der Waals surface area contributed by atoms with E-state index in [-0.39, 0.29) is 5.75 Å². The molecule has 2 atom stereocenters. The van der Waals surface area contributed by atoms with Gasteiger partial charge in [-0.1, -0.05) is 12.1 Å². The number of piperazine rings is 1. The minimum Gasteiger partial charge on any atom is -0.469 e. The molecular weight excluding hydrogens is 235 g/mol. The number of ether oxygens (including phenoxy) is 1. The van der Waals surface area contributed by atoms with Gasteiger partial charge in [-0.3, -0.25) is 4.90 Å². The van der Waals surface area contributed by atoms with Crippen LogP contribution in [0.15, 0.2) is 24.3 Å². The van der Waals surface area contributed by atoms with Crippen LogP contribution in [0.3, 0.4) is 0 Å². The Labute approximate surface area is 106 Å². The molecule has 0 bridgehead atoms. The van der Waals surface area contributed by atoms with Gasteiger partial charge in [0.2, 0.25) is 0 Å². The molecule has 0 aromatic heterocycles. The molecule has 1 fully saturated rings. The van der Waals surface area contributed by atoms with Gasteiger partial charge >= 0.3 is 0 Å². The minimum atomic E-state index is -0.678. The Morgan fingerprint density at radius 1 is 1.33 bits per heavy atom. The zero-order valence-electron chi connectivity index (χ0n) is 10.5. The van der Waals surface area contributed by atoms with Crippen molar-refractivity contribution >= 4 is 0 Å². The summed E-state index contributed by atoms with van der Waals surface area (Å²) in [7, 11) is 0. The average molecular weight is 254 g/mol. The number of benzene rings is 1. The SMILES string of the molecule is CC(O)C(Oc1ccccc1F)N1CCNCC1. The summed E-state index contributed by atoms with van der Waals surface area (Å²) >= 11 is 0. The topological polar surface area (TPSA) is 44.7 Å². The second kappa shape index (κ2) is 6.13. The van der Waals surface area contributed by atoms with E-state index in [9.17, 15) is 9.50 Å². The fourth-order valence-corrected chi connectivity index (χ4v) is 2.09. The maximum atomic E-state index is 13.5. The van der Waals surface area contributed by atoms with Crippen LogP contribution >= 0.6 is 0 Å². The van der Waals surface area contributed by atoms with Crippen molar-refractivity contribution in [1.82, 2.24) is 10.2 Å². The summed E-state index contributed by atoms with van der Waals surface area (Å²) in [6.07, 6.45) is -1.19. The lowest BCUT2D eigenvalue weighted by Crippen LogP contribution is -2.54. The lowest BCUT2D eigenvalue weighted by molar-refractivity contribution is -0.0639. The van der Waals surface area contributed by atoms with Crippen LogP contribution in [0.25, 0.3) is 0 Å². The monoisotopic (exact) mass is 254 g/mol. The molecule has 0 radical (unpaired) electrons. The summed E-state index contributed by atoms with van der Waals surface area (Å²) in [6, 6.07) is 6.26. The number of rotatable bonds is 4. The van der Waals surface area contributed by atoms with Gasteiger partial charge in [-0.25, -0.2) is 4.39 Å². The Hall–Kier alpha value is -1.17. The number of hydrogen-bond acceptors (Lipinski definition) is 4. The van der Waals surface area contributed by atoms with E-state index in [1.54, 1.807) is 25.1 Å². The zero-order valence-corrected chi connectivity index (χ0v) is 10.5. The first-order valence-electron chi connectivity index (χ1n) is 6.22. The fourth-order valence-electron chi connectivity index (χ4n) is 2.09. The quantitative estimate of drug-likeness (QED) is 0.835. The van der Waals surface area contributed by atoms with Gasteiger partial charge in [-0.05, 0) is 19.1 Å². The Kier molecular flexibility index (Phi) is 4.52. The summed E-state index contributed by atoms with van der Waals surface area (Å²) in [5.41, 5.74) is 0. The highest BCUT2D eigenvalue weighted by Crippen LogP contribution is 2.20. The molecule has 0 spiro atoms. The molecule has 0 saturated carbocycles. The van der Waals surface area contributed by atoms with Gasteiger partial charge in [0, 0.05) is 26.2 Å². The van der Waals surface area contributed by atoms with Crippen molar-refractivity contribution in [3.63, 3.8) is 0 Å². The van der Waals surface area contributed by atoms with E-state index in [0.717, 1.165) is 26.2 Å². The Balaban J connectivity index is 2.08. The summed E-state index contributed by atoms with van der Waals surface area (Å²) in [6.45, 7) is 4.93. The number of nitrogens with one attached hydrogen (secondary N) is 1. The highest BCUT2D eigenvalue weighted by atomic mass is 19.1. The summed E-state index contributed by atoms with van der Waals surface area (Å²) < 4.78 is 19.2. The van der Waals surface area contributed by atoms with Gasteiger partial charge in [0.05, 0.1) is 0 Å². The Morgan fingerprint density at radius 3 is 2.61 bits per heavy atom. The zero-order chi connectivity index (χ0) is 13.0. The van der Waals surface area contributed by atoms with Crippen LogP contribution in [-0.4, -0.2) is 48.5 Å². The molecule has 4 nitrogen and oxygen atoms in total. The van der Waals surface area contributed by atoms with E-state index >= 15 is 0 Å². The van der Waals surface area contributed by atoms with E-state index in [2.05, 4.69) is 5.32 Å². The predicted molar refractivity (Wildman–Crippen MR) is 66.9 cm³/mol. The number of halogens is 1. The Bertz CT molecular complexity index is 381. The molecule has 18 heavy (non-hydrogen) atoms. The van der Waals surface area contributed by atoms with Crippen LogP contribution in [0.5, 0.6) is 5.75 Å². The highest BCUT2D eigenvalue weighted by molar-refractivity contribution is 5.23. The predicted octanol–water partition coefficient (Wildman–Crippen LogP) is 0.817. The van der Waals surface area contributed by atoms with Gasteiger partial charge in [-0.2, -0.15) is 0 Å². The maximum Gasteiger partial charge on any atom is 0.178 e. The molecular formula is C13H19FN2O2. The van der Waals surface area contributed by atoms with Gasteiger partial charge in [0.25, 0.3) is 0 Å². The lowest BCUT2D eigenvalue weighted by atomic mass is 10.2. The number of para-hydroxylation sites is 1. The van der Waals surface area contributed by atoms with E-state index in [0.29, 0.717) is 0 Å². The normalized spacial score (nSPS) is 20.4. The van der Waals surface area contributed by atoms with Crippen molar-refractivity contribution in [1.29, 1.82) is 0 Å². The van der Waals surface area contributed by atoms with E-state index in [4.69, 9.17) is 4.74 Å². The van der Waals surface area contributed by atoms with Gasteiger partial charge in [-0.15, -0.1) is 0 Å². The molecule has 1 aromatic carbocycles. The van der Waals surface area contributed by atoms with E-state index < -0.39 is 18.1 Å². The average Bonchev–Trinajstić information content (AvgIpc) is 2.38. The van der Waals surface area contributed by atoms with Gasteiger partial charge < -0.3 is 15.2 Å². The summed E-state index contributed by atoms with van der Waals surface area (Å²) in [5.74, 6) is -0.222. The number of aliphatic hydroxyl groups excluding tert-OH is 1. The smallest absolute Gasteiger partial charge is 0.178 e. The number of nitrogens with zero attached hydrogens (tertiary/aromatic N) is 1. The van der Waals surface area contributed by atoms with Crippen LogP contribution in [-0.2, 0) is 0 Å². The minimum absolute atomic E-state index is 0.182. The highest BCUT2D eigenvalue weighted by Gasteiger charge is 2.27. The third-order valence-corrected chi connectivity index (χ3v) is 3.01. The largest absolute Gasteiger partial charge is 0.469 e. The molecule has 2 N–H and O–H groups in total. The summed E-state index contributed by atoms with van der Waals surface area (Å²) in [4.78, 5) is 2.02. The first kappa shape index (κ1) is 13.3. The van der Waals surface area contributed by atoms with Crippen LogP contribution in [0, 0.1) is 5.82 Å².